The lowest BCUT2D eigenvalue weighted by atomic mass is 9.71. The molecule has 8 heteroatoms. The van der Waals surface area contributed by atoms with Crippen LogP contribution in [0.2, 0.25) is 0 Å². The second-order valence-corrected chi connectivity index (χ2v) is 12.7. The van der Waals surface area contributed by atoms with E-state index in [1.54, 1.807) is 16.7 Å². The third kappa shape index (κ3) is 4.94. The van der Waals surface area contributed by atoms with Crippen LogP contribution in [0, 0.1) is 17.8 Å². The third-order valence-corrected chi connectivity index (χ3v) is 10.0. The van der Waals surface area contributed by atoms with Gasteiger partial charge in [0.2, 0.25) is 5.44 Å². The highest BCUT2D eigenvalue weighted by molar-refractivity contribution is 7.59. The molecule has 5 atom stereocenters. The molecule has 3 heterocycles. The van der Waals surface area contributed by atoms with Crippen LogP contribution in [-0.4, -0.2) is 36.8 Å². The molecule has 1 aromatic heterocycles. The van der Waals surface area contributed by atoms with E-state index >= 15 is 0 Å². The van der Waals surface area contributed by atoms with Gasteiger partial charge in [-0.25, -0.2) is 4.98 Å². The van der Waals surface area contributed by atoms with E-state index in [2.05, 4.69) is 29.8 Å². The Bertz CT molecular complexity index is 1240. The smallest absolute Gasteiger partial charge is 0.372 e. The highest BCUT2D eigenvalue weighted by atomic mass is 31.2. The molecule has 0 radical (unpaired) electrons. The van der Waals surface area contributed by atoms with Crippen molar-refractivity contribution in [3.05, 3.63) is 46.4 Å². The van der Waals surface area contributed by atoms with Gasteiger partial charge in [0.05, 0.1) is 11.0 Å². The van der Waals surface area contributed by atoms with Gasteiger partial charge in [-0.2, -0.15) is 0 Å². The van der Waals surface area contributed by atoms with Crippen molar-refractivity contribution in [1.29, 1.82) is 0 Å². The summed E-state index contributed by atoms with van der Waals surface area (Å²) in [5.74, 6) is 2.54. The van der Waals surface area contributed by atoms with Gasteiger partial charge in [0.25, 0.3) is 5.56 Å². The Kier molecular flexibility index (Phi) is 7.44. The van der Waals surface area contributed by atoms with Crippen molar-refractivity contribution in [3.63, 3.8) is 0 Å². The maximum absolute atomic E-state index is 13.4. The predicted octanol–water partition coefficient (Wildman–Crippen LogP) is 5.13. The normalized spacial score (nSPS) is 28.8. The maximum Gasteiger partial charge on any atom is 0.380 e. The molecule has 2 aliphatic heterocycles. The monoisotopic (exact) mass is 513 g/mol. The number of hydrogen-bond donors (Lipinski definition) is 2. The van der Waals surface area contributed by atoms with Crippen LogP contribution < -0.4 is 11.0 Å². The second-order valence-electron chi connectivity index (χ2n) is 11.2. The standard InChI is InChI=1S/C28H40N3O4P/c1-3-19-12-13-21(20(4-2)16-19)14-15-30-22-8-7-9-23(30)18-24(17-22)31-26-11-6-5-10-25(26)29-27(28(31)32)36(33,34)35/h5-6,8,10-11,19-21,23-24H,3-4,7,9,12-18H2,1-2H3,(H2,33,34,35)/t19-,20-,21-,23-,24-/m0/s1. The van der Waals surface area contributed by atoms with E-state index in [1.165, 1.54) is 44.2 Å². The first kappa shape index (κ1) is 25.7. The molecule has 2 fully saturated rings. The largest absolute Gasteiger partial charge is 0.380 e. The minimum Gasteiger partial charge on any atom is -0.372 e. The van der Waals surface area contributed by atoms with Gasteiger partial charge in [0, 0.05) is 30.7 Å². The van der Waals surface area contributed by atoms with Crippen LogP contribution in [0.5, 0.6) is 0 Å². The number of rotatable bonds is 7. The SMILES string of the molecule is CC[C@H]1CC[C@@H](CCN2C3=CCC[C@H]2C[C@@H](n2c(=O)c(P(=O)(O)O)nc4ccccc42)C3)[C@@H](CC)C1. The number of benzene rings is 1. The van der Waals surface area contributed by atoms with E-state index in [0.29, 0.717) is 23.5 Å². The van der Waals surface area contributed by atoms with E-state index in [1.807, 2.05) is 12.1 Å². The van der Waals surface area contributed by atoms with E-state index in [9.17, 15) is 19.1 Å². The Morgan fingerprint density at radius 3 is 2.56 bits per heavy atom. The van der Waals surface area contributed by atoms with Crippen LogP contribution in [0.4, 0.5) is 0 Å². The number of allylic oxidation sites excluding steroid dienone is 2. The lowest BCUT2D eigenvalue weighted by Crippen LogP contribution is -2.47. The average Bonchev–Trinajstić information content (AvgIpc) is 2.86. The first-order chi connectivity index (χ1) is 17.3. The van der Waals surface area contributed by atoms with Crippen molar-refractivity contribution in [3.8, 4) is 0 Å². The van der Waals surface area contributed by atoms with E-state index < -0.39 is 18.6 Å². The molecule has 1 aromatic carbocycles. The number of aromatic nitrogens is 2. The molecular weight excluding hydrogens is 473 g/mol. The van der Waals surface area contributed by atoms with Crippen molar-refractivity contribution in [2.75, 3.05) is 6.54 Å². The van der Waals surface area contributed by atoms with Gasteiger partial charge < -0.3 is 19.3 Å². The predicted molar refractivity (Wildman–Crippen MR) is 143 cm³/mol. The lowest BCUT2D eigenvalue weighted by Gasteiger charge is -2.47. The Morgan fingerprint density at radius 1 is 1.03 bits per heavy atom. The summed E-state index contributed by atoms with van der Waals surface area (Å²) in [6, 6.07) is 7.41. The second kappa shape index (κ2) is 10.4. The Hall–Kier alpha value is -1.95. The summed E-state index contributed by atoms with van der Waals surface area (Å²) >= 11 is 0. The molecule has 2 bridgehead atoms. The van der Waals surface area contributed by atoms with Crippen LogP contribution in [0.3, 0.4) is 0 Å². The van der Waals surface area contributed by atoms with Crippen molar-refractivity contribution in [1.82, 2.24) is 14.5 Å². The van der Waals surface area contributed by atoms with Gasteiger partial charge in [0.15, 0.2) is 0 Å². The molecule has 1 saturated carbocycles. The molecule has 2 aromatic rings. The van der Waals surface area contributed by atoms with Crippen LogP contribution in [0.1, 0.15) is 84.1 Å². The molecule has 1 saturated heterocycles. The average molecular weight is 514 g/mol. The van der Waals surface area contributed by atoms with Gasteiger partial charge in [-0.3, -0.25) is 9.36 Å². The summed E-state index contributed by atoms with van der Waals surface area (Å²) in [7, 11) is -4.79. The summed E-state index contributed by atoms with van der Waals surface area (Å²) in [5.41, 5.74) is 1.09. The first-order valence-electron chi connectivity index (χ1n) is 13.8. The molecule has 36 heavy (non-hydrogen) atoms. The van der Waals surface area contributed by atoms with Gasteiger partial charge >= 0.3 is 7.60 Å². The summed E-state index contributed by atoms with van der Waals surface area (Å²) in [6.45, 7) is 5.75. The Labute approximate surface area is 213 Å². The van der Waals surface area contributed by atoms with Crippen molar-refractivity contribution >= 4 is 24.1 Å². The first-order valence-corrected chi connectivity index (χ1v) is 15.4. The van der Waals surface area contributed by atoms with Gasteiger partial charge in [-0.05, 0) is 68.4 Å². The lowest BCUT2D eigenvalue weighted by molar-refractivity contribution is 0.108. The fourth-order valence-corrected chi connectivity index (χ4v) is 7.83. The maximum atomic E-state index is 13.4. The third-order valence-electron chi connectivity index (χ3n) is 9.19. The van der Waals surface area contributed by atoms with Gasteiger partial charge in [0.1, 0.15) is 0 Å². The summed E-state index contributed by atoms with van der Waals surface area (Å²) in [6.07, 6.45) is 13.9. The zero-order chi connectivity index (χ0) is 25.4. The van der Waals surface area contributed by atoms with Gasteiger partial charge in [-0.15, -0.1) is 0 Å². The van der Waals surface area contributed by atoms with Crippen molar-refractivity contribution in [2.24, 2.45) is 17.8 Å². The van der Waals surface area contributed by atoms with Crippen molar-refractivity contribution in [2.45, 2.75) is 90.1 Å². The van der Waals surface area contributed by atoms with Crippen LogP contribution >= 0.6 is 7.60 Å². The number of piperidine rings is 1. The summed E-state index contributed by atoms with van der Waals surface area (Å²) < 4.78 is 13.7. The van der Waals surface area contributed by atoms with Gasteiger partial charge in [-0.1, -0.05) is 51.3 Å². The van der Waals surface area contributed by atoms with E-state index in [-0.39, 0.29) is 6.04 Å². The molecule has 0 amide bonds. The Balaban J connectivity index is 1.39. The molecule has 1 aliphatic carbocycles. The fraction of sp³-hybridized carbons (Fsp3) is 0.643. The van der Waals surface area contributed by atoms with E-state index in [4.69, 9.17) is 0 Å². The number of fused-ring (bicyclic) bond motifs is 3. The minimum absolute atomic E-state index is 0.133. The molecule has 7 nitrogen and oxygen atoms in total. The van der Waals surface area contributed by atoms with E-state index in [0.717, 1.165) is 43.6 Å². The number of hydrogen-bond acceptors (Lipinski definition) is 4. The van der Waals surface area contributed by atoms with Crippen LogP contribution in [-0.2, 0) is 4.57 Å². The molecule has 0 unspecified atom stereocenters. The fourth-order valence-electron chi connectivity index (χ4n) is 7.23. The molecular formula is C28H40N3O4P. The molecule has 3 aliphatic rings. The zero-order valence-electron chi connectivity index (χ0n) is 21.6. The summed E-state index contributed by atoms with van der Waals surface area (Å²) in [4.78, 5) is 39.7. The van der Waals surface area contributed by atoms with Crippen LogP contribution in [0.15, 0.2) is 40.8 Å². The highest BCUT2D eigenvalue weighted by Crippen LogP contribution is 2.43. The van der Waals surface area contributed by atoms with Crippen molar-refractivity contribution < 1.29 is 14.4 Å². The minimum atomic E-state index is -4.79. The quantitative estimate of drug-likeness (QED) is 0.499. The highest BCUT2D eigenvalue weighted by Gasteiger charge is 2.37. The topological polar surface area (TPSA) is 95.7 Å². The molecule has 5 rings (SSSR count). The number of nitrogens with zero attached hydrogens (tertiary/aromatic N) is 3. The van der Waals surface area contributed by atoms with Crippen LogP contribution in [0.25, 0.3) is 11.0 Å². The molecule has 2 N–H and O–H groups in total. The Morgan fingerprint density at radius 2 is 1.83 bits per heavy atom. The zero-order valence-corrected chi connectivity index (χ0v) is 22.4. The summed E-state index contributed by atoms with van der Waals surface area (Å²) in [5, 5.41) is 0. The molecule has 0 spiro atoms. The number of para-hydroxylation sites is 2. The molecule has 196 valence electrons.